The summed E-state index contributed by atoms with van der Waals surface area (Å²) in [6.07, 6.45) is 4.62. The van der Waals surface area contributed by atoms with Crippen molar-refractivity contribution >= 4 is 35.0 Å². The number of carbonyl (C=O) groups is 3. The maximum atomic E-state index is 14.9. The van der Waals surface area contributed by atoms with Gasteiger partial charge in [0.1, 0.15) is 10.6 Å². The van der Waals surface area contributed by atoms with E-state index in [0.717, 1.165) is 36.9 Å². The Labute approximate surface area is 225 Å². The third-order valence-electron chi connectivity index (χ3n) is 7.89. The van der Waals surface area contributed by atoms with E-state index in [-0.39, 0.29) is 34.5 Å². The summed E-state index contributed by atoms with van der Waals surface area (Å²) in [4.78, 5) is 38.0. The first-order valence-corrected chi connectivity index (χ1v) is 13.6. The van der Waals surface area contributed by atoms with Gasteiger partial charge in [0.15, 0.2) is 11.6 Å². The van der Waals surface area contributed by atoms with Gasteiger partial charge in [0.2, 0.25) is 0 Å². The van der Waals surface area contributed by atoms with Crippen LogP contribution in [0.3, 0.4) is 0 Å². The van der Waals surface area contributed by atoms with E-state index in [9.17, 15) is 23.9 Å². The topological polar surface area (TPSA) is 127 Å². The highest BCUT2D eigenvalue weighted by Gasteiger charge is 2.38. The minimum Gasteiger partial charge on any atom is -0.496 e. The normalized spacial score (nSPS) is 22.2. The minimum atomic E-state index is -0.853. The van der Waals surface area contributed by atoms with Gasteiger partial charge in [-0.05, 0) is 75.4 Å². The Morgan fingerprint density at radius 2 is 1.82 bits per heavy atom. The van der Waals surface area contributed by atoms with Crippen molar-refractivity contribution in [2.24, 2.45) is 10.8 Å². The lowest BCUT2D eigenvalue weighted by atomic mass is 9.70. The summed E-state index contributed by atoms with van der Waals surface area (Å²) in [6.45, 7) is 6.08. The van der Waals surface area contributed by atoms with Gasteiger partial charge in [-0.25, -0.2) is 4.39 Å². The average molecular weight is 548 g/mol. The predicted octanol–water partition coefficient (Wildman–Crippen LogP) is 5.18. The van der Waals surface area contributed by atoms with Crippen LogP contribution in [0.25, 0.3) is 0 Å². The monoisotopic (exact) mass is 547 g/mol. The molecule has 2 amide bonds. The number of benzene rings is 1. The number of rotatable bonds is 9. The molecule has 1 heterocycles. The van der Waals surface area contributed by atoms with Gasteiger partial charge in [0, 0.05) is 12.6 Å². The van der Waals surface area contributed by atoms with Gasteiger partial charge in [-0.3, -0.25) is 14.4 Å². The lowest BCUT2D eigenvalue weighted by molar-refractivity contribution is -0.150. The third-order valence-corrected chi connectivity index (χ3v) is 8.83. The number of halogens is 1. The Kier molecular flexibility index (Phi) is 7.96. The van der Waals surface area contributed by atoms with E-state index < -0.39 is 23.1 Å². The molecule has 206 valence electrons. The van der Waals surface area contributed by atoms with Crippen LogP contribution in [-0.4, -0.2) is 47.0 Å². The summed E-state index contributed by atoms with van der Waals surface area (Å²) in [6, 6.07) is 2.36. The molecule has 9 nitrogen and oxygen atoms in total. The zero-order valence-electron chi connectivity index (χ0n) is 22.1. The Morgan fingerprint density at radius 3 is 2.39 bits per heavy atom. The molecule has 0 atom stereocenters. The number of aromatic nitrogens is 1. The van der Waals surface area contributed by atoms with Crippen LogP contribution in [0.5, 0.6) is 11.5 Å². The number of nitrogens with one attached hydrogen (secondary N) is 2. The first-order chi connectivity index (χ1) is 17.9. The van der Waals surface area contributed by atoms with E-state index in [1.807, 2.05) is 0 Å². The summed E-state index contributed by atoms with van der Waals surface area (Å²) in [5, 5.41) is 15.2. The van der Waals surface area contributed by atoms with Gasteiger partial charge in [0.25, 0.3) is 11.8 Å². The van der Waals surface area contributed by atoms with E-state index in [1.54, 1.807) is 13.8 Å². The highest BCUT2D eigenvalue weighted by Crippen LogP contribution is 2.40. The number of aliphatic carboxylic acids is 1. The first kappa shape index (κ1) is 27.8. The second kappa shape index (κ2) is 10.9. The van der Waals surface area contributed by atoms with Gasteiger partial charge < -0.3 is 25.2 Å². The second-order valence-electron chi connectivity index (χ2n) is 10.9. The van der Waals surface area contributed by atoms with E-state index in [4.69, 9.17) is 9.47 Å². The van der Waals surface area contributed by atoms with Crippen LogP contribution in [0, 0.1) is 23.6 Å². The molecule has 0 bridgehead atoms. The van der Waals surface area contributed by atoms with Crippen LogP contribution < -0.4 is 20.1 Å². The summed E-state index contributed by atoms with van der Waals surface area (Å²) in [5.41, 5.74) is 0.0976. The van der Waals surface area contributed by atoms with E-state index in [0.29, 0.717) is 48.5 Å². The molecular weight excluding hydrogens is 513 g/mol. The van der Waals surface area contributed by atoms with Gasteiger partial charge in [-0.15, -0.1) is 0 Å². The SMILES string of the molecule is COc1cc(F)c(O[C@H]2CC[C@@](C)(C(=O)O)CC2)cc1C(=O)Nc1c(C)nsc1C(=O)NCC1(C)CCC1. The van der Waals surface area contributed by atoms with Crippen LogP contribution >= 0.6 is 11.5 Å². The number of carboxylic acids is 1. The van der Waals surface area contributed by atoms with Crippen molar-refractivity contribution in [3.63, 3.8) is 0 Å². The molecule has 2 aliphatic carbocycles. The van der Waals surface area contributed by atoms with E-state index in [1.165, 1.54) is 13.2 Å². The Bertz CT molecular complexity index is 1230. The van der Waals surface area contributed by atoms with Gasteiger partial charge in [-0.1, -0.05) is 13.3 Å². The van der Waals surface area contributed by atoms with Crippen molar-refractivity contribution < 1.29 is 33.4 Å². The molecule has 1 aromatic heterocycles. The average Bonchev–Trinajstić information content (AvgIpc) is 3.23. The van der Waals surface area contributed by atoms with Crippen LogP contribution in [0.1, 0.15) is 84.5 Å². The molecule has 2 aromatic rings. The molecule has 0 saturated heterocycles. The zero-order valence-corrected chi connectivity index (χ0v) is 22.9. The fourth-order valence-corrected chi connectivity index (χ4v) is 5.66. The van der Waals surface area contributed by atoms with Crippen LogP contribution in [0.2, 0.25) is 0 Å². The number of anilines is 1. The number of methoxy groups -OCH3 is 1. The number of carbonyl (C=O) groups excluding carboxylic acids is 2. The fourth-order valence-electron chi connectivity index (χ4n) is 4.90. The zero-order chi connectivity index (χ0) is 27.7. The molecule has 2 aliphatic rings. The molecule has 11 heteroatoms. The number of nitrogens with zero attached hydrogens (tertiary/aromatic N) is 1. The lowest BCUT2D eigenvalue weighted by Gasteiger charge is -2.38. The molecule has 1 aromatic carbocycles. The highest BCUT2D eigenvalue weighted by molar-refractivity contribution is 7.08. The van der Waals surface area contributed by atoms with Crippen LogP contribution in [0.15, 0.2) is 12.1 Å². The Morgan fingerprint density at radius 1 is 1.13 bits per heavy atom. The van der Waals surface area contributed by atoms with E-state index >= 15 is 0 Å². The lowest BCUT2D eigenvalue weighted by Crippen LogP contribution is -2.39. The molecular formula is C27H34FN3O6S. The quantitative estimate of drug-likeness (QED) is 0.395. The Balaban J connectivity index is 1.49. The van der Waals surface area contributed by atoms with Gasteiger partial charge in [-0.2, -0.15) is 4.37 Å². The molecule has 0 aliphatic heterocycles. The summed E-state index contributed by atoms with van der Waals surface area (Å²) in [5.74, 6) is -2.56. The molecule has 4 rings (SSSR count). The number of ether oxygens (including phenoxy) is 2. The highest BCUT2D eigenvalue weighted by atomic mass is 32.1. The number of aryl methyl sites for hydroxylation is 1. The van der Waals surface area contributed by atoms with Crippen molar-refractivity contribution in [1.82, 2.24) is 9.69 Å². The first-order valence-electron chi connectivity index (χ1n) is 12.8. The van der Waals surface area contributed by atoms with Crippen molar-refractivity contribution in [3.8, 4) is 11.5 Å². The number of carboxylic acid groups (broad SMARTS) is 1. The molecule has 0 radical (unpaired) electrons. The fraction of sp³-hybridized carbons (Fsp3) is 0.556. The molecule has 0 spiro atoms. The van der Waals surface area contributed by atoms with Gasteiger partial charge in [0.05, 0.1) is 35.6 Å². The van der Waals surface area contributed by atoms with Crippen molar-refractivity contribution in [3.05, 3.63) is 34.1 Å². The van der Waals surface area contributed by atoms with Gasteiger partial charge >= 0.3 is 5.97 Å². The minimum absolute atomic E-state index is 0.0131. The third kappa shape index (κ3) is 5.77. The standard InChI is InChI=1S/C27H34FN3O6S/c1-15-21(22(38-31-15)24(33)29-14-26(2)8-5-9-26)30-23(32)17-12-20(18(28)13-19(17)36-4)37-16-6-10-27(3,11-7-16)25(34)35/h12-13,16H,5-11,14H2,1-4H3,(H,29,33)(H,30,32)(H,34,35)/t16-,27+. The second-order valence-corrected chi connectivity index (χ2v) is 11.7. The van der Waals surface area contributed by atoms with Crippen molar-refractivity contribution in [2.45, 2.75) is 71.8 Å². The predicted molar refractivity (Wildman–Crippen MR) is 141 cm³/mol. The van der Waals surface area contributed by atoms with Crippen molar-refractivity contribution in [1.29, 1.82) is 0 Å². The summed E-state index contributed by atoms with van der Waals surface area (Å²) in [7, 11) is 1.33. The molecule has 0 unspecified atom stereocenters. The van der Waals surface area contributed by atoms with Crippen LogP contribution in [-0.2, 0) is 4.79 Å². The maximum Gasteiger partial charge on any atom is 0.309 e. The maximum absolute atomic E-state index is 14.9. The molecule has 38 heavy (non-hydrogen) atoms. The number of hydrogen-bond acceptors (Lipinski definition) is 7. The number of hydrogen-bond donors (Lipinski definition) is 3. The molecule has 3 N–H and O–H groups in total. The van der Waals surface area contributed by atoms with E-state index in [2.05, 4.69) is 21.9 Å². The van der Waals surface area contributed by atoms with Crippen LogP contribution in [0.4, 0.5) is 10.1 Å². The summed E-state index contributed by atoms with van der Waals surface area (Å²) < 4.78 is 30.2. The molecule has 2 fully saturated rings. The largest absolute Gasteiger partial charge is 0.496 e. The summed E-state index contributed by atoms with van der Waals surface area (Å²) >= 11 is 1.00. The molecule has 2 saturated carbocycles. The Hall–Kier alpha value is -3.21. The van der Waals surface area contributed by atoms with Crippen molar-refractivity contribution in [2.75, 3.05) is 19.0 Å². The number of amides is 2. The smallest absolute Gasteiger partial charge is 0.309 e.